The highest BCUT2D eigenvalue weighted by Gasteiger charge is 2.16. The van der Waals surface area contributed by atoms with E-state index in [0.29, 0.717) is 26.6 Å². The summed E-state index contributed by atoms with van der Waals surface area (Å²) in [6, 6.07) is 11.1. The molecule has 1 aliphatic rings. The van der Waals surface area contributed by atoms with Crippen molar-refractivity contribution in [2.45, 2.75) is 25.8 Å². The van der Waals surface area contributed by atoms with E-state index >= 15 is 0 Å². The van der Waals surface area contributed by atoms with Crippen molar-refractivity contribution in [2.75, 3.05) is 13.1 Å². The SMILES string of the molecule is N=C(c1ccc(-c2nc(CNC(=O)c3ccc(Cl)s3)co2)cc1)N1CCCCC1. The van der Waals surface area contributed by atoms with Crippen molar-refractivity contribution in [3.63, 3.8) is 0 Å². The zero-order valence-electron chi connectivity index (χ0n) is 15.8. The second-order valence-electron chi connectivity index (χ2n) is 6.90. The minimum Gasteiger partial charge on any atom is -0.444 e. The molecule has 1 saturated heterocycles. The van der Waals surface area contributed by atoms with Crippen LogP contribution in [-0.4, -0.2) is 34.7 Å². The standard InChI is InChI=1S/C21H21ClN4O2S/c22-18-9-8-17(29-18)20(27)24-12-16-13-28-21(25-16)15-6-4-14(5-7-15)19(23)26-10-2-1-3-11-26/h4-9,13,23H,1-3,10-12H2,(H,24,27). The molecule has 6 nitrogen and oxygen atoms in total. The number of amidine groups is 1. The van der Waals surface area contributed by atoms with Crippen LogP contribution in [0.2, 0.25) is 4.34 Å². The molecule has 0 bridgehead atoms. The van der Waals surface area contributed by atoms with Gasteiger partial charge in [-0.15, -0.1) is 11.3 Å². The molecule has 0 spiro atoms. The molecule has 1 amide bonds. The predicted octanol–water partition coefficient (Wildman–Crippen LogP) is 4.80. The quantitative estimate of drug-likeness (QED) is 0.451. The van der Waals surface area contributed by atoms with Crippen LogP contribution in [0.5, 0.6) is 0 Å². The molecule has 0 aliphatic carbocycles. The molecular formula is C21H21ClN4O2S. The normalized spacial score (nSPS) is 14.0. The fourth-order valence-corrected chi connectivity index (χ4v) is 4.25. The number of halogens is 1. The van der Waals surface area contributed by atoms with Crippen LogP contribution in [0.25, 0.3) is 11.5 Å². The number of benzene rings is 1. The Hall–Kier alpha value is -2.64. The van der Waals surface area contributed by atoms with Crippen molar-refractivity contribution < 1.29 is 9.21 Å². The van der Waals surface area contributed by atoms with E-state index < -0.39 is 0 Å². The summed E-state index contributed by atoms with van der Waals surface area (Å²) < 4.78 is 6.14. The van der Waals surface area contributed by atoms with E-state index in [2.05, 4.69) is 15.2 Å². The van der Waals surface area contributed by atoms with E-state index in [0.717, 1.165) is 37.1 Å². The van der Waals surface area contributed by atoms with Gasteiger partial charge in [0.25, 0.3) is 5.91 Å². The predicted molar refractivity (Wildman–Crippen MR) is 115 cm³/mol. The molecule has 0 saturated carbocycles. The Kier molecular flexibility index (Phi) is 5.97. The lowest BCUT2D eigenvalue weighted by Crippen LogP contribution is -2.35. The first-order valence-electron chi connectivity index (χ1n) is 9.52. The third-order valence-corrected chi connectivity index (χ3v) is 6.09. The largest absolute Gasteiger partial charge is 0.444 e. The number of aromatic nitrogens is 1. The molecule has 29 heavy (non-hydrogen) atoms. The highest BCUT2D eigenvalue weighted by molar-refractivity contribution is 7.17. The summed E-state index contributed by atoms with van der Waals surface area (Å²) in [5.74, 6) is 0.872. The van der Waals surface area contributed by atoms with Gasteiger partial charge in [0.15, 0.2) is 0 Å². The molecule has 2 N–H and O–H groups in total. The van der Waals surface area contributed by atoms with Gasteiger partial charge in [0.2, 0.25) is 5.89 Å². The van der Waals surface area contributed by atoms with Crippen molar-refractivity contribution in [2.24, 2.45) is 0 Å². The molecule has 150 valence electrons. The molecule has 2 aromatic heterocycles. The fourth-order valence-electron chi connectivity index (χ4n) is 3.29. The van der Waals surface area contributed by atoms with Crippen molar-refractivity contribution >= 4 is 34.7 Å². The summed E-state index contributed by atoms with van der Waals surface area (Å²) in [6.45, 7) is 2.18. The van der Waals surface area contributed by atoms with Gasteiger partial charge in [-0.3, -0.25) is 10.2 Å². The Morgan fingerprint density at radius 3 is 2.62 bits per heavy atom. The van der Waals surface area contributed by atoms with Gasteiger partial charge in [0.05, 0.1) is 21.5 Å². The number of amides is 1. The van der Waals surface area contributed by atoms with Crippen LogP contribution in [0, 0.1) is 5.41 Å². The first-order chi connectivity index (χ1) is 14.1. The molecule has 0 unspecified atom stereocenters. The van der Waals surface area contributed by atoms with E-state index in [1.165, 1.54) is 17.8 Å². The third-order valence-electron chi connectivity index (χ3n) is 4.86. The summed E-state index contributed by atoms with van der Waals surface area (Å²) in [5, 5.41) is 11.2. The third kappa shape index (κ3) is 4.68. The van der Waals surface area contributed by atoms with Crippen molar-refractivity contribution in [1.29, 1.82) is 5.41 Å². The van der Waals surface area contributed by atoms with Gasteiger partial charge in [-0.2, -0.15) is 0 Å². The van der Waals surface area contributed by atoms with Crippen molar-refractivity contribution in [1.82, 2.24) is 15.2 Å². The number of piperidine rings is 1. The molecule has 8 heteroatoms. The maximum Gasteiger partial charge on any atom is 0.261 e. The Morgan fingerprint density at radius 2 is 1.93 bits per heavy atom. The molecule has 1 fully saturated rings. The number of hydrogen-bond donors (Lipinski definition) is 2. The number of nitrogens with one attached hydrogen (secondary N) is 2. The van der Waals surface area contributed by atoms with Crippen molar-refractivity contribution in [3.8, 4) is 11.5 Å². The Labute approximate surface area is 178 Å². The molecule has 0 radical (unpaired) electrons. The number of carbonyl (C=O) groups is 1. The van der Waals surface area contributed by atoms with Gasteiger partial charge in [0, 0.05) is 24.2 Å². The van der Waals surface area contributed by atoms with E-state index in [4.69, 9.17) is 21.4 Å². The molecule has 4 rings (SSSR count). The summed E-state index contributed by atoms with van der Waals surface area (Å²) in [6.07, 6.45) is 5.09. The topological polar surface area (TPSA) is 82.2 Å². The van der Waals surface area contributed by atoms with Gasteiger partial charge in [-0.25, -0.2) is 4.98 Å². The summed E-state index contributed by atoms with van der Waals surface area (Å²) in [4.78, 5) is 19.2. The van der Waals surface area contributed by atoms with Gasteiger partial charge in [-0.1, -0.05) is 23.7 Å². The zero-order valence-corrected chi connectivity index (χ0v) is 17.4. The van der Waals surface area contributed by atoms with E-state index in [1.54, 1.807) is 18.4 Å². The highest BCUT2D eigenvalue weighted by atomic mass is 35.5. The second kappa shape index (κ2) is 8.80. The number of likely N-dealkylation sites (tertiary alicyclic amines) is 1. The number of oxazole rings is 1. The lowest BCUT2D eigenvalue weighted by Gasteiger charge is -2.29. The van der Waals surface area contributed by atoms with Crippen LogP contribution >= 0.6 is 22.9 Å². The van der Waals surface area contributed by atoms with Gasteiger partial charge >= 0.3 is 0 Å². The minimum atomic E-state index is -0.188. The Balaban J connectivity index is 1.37. The number of carbonyl (C=O) groups excluding carboxylic acids is 1. The van der Waals surface area contributed by atoms with E-state index in [9.17, 15) is 4.79 Å². The van der Waals surface area contributed by atoms with Crippen molar-refractivity contribution in [3.05, 3.63) is 63.1 Å². The lowest BCUT2D eigenvalue weighted by atomic mass is 10.1. The molecule has 3 aromatic rings. The Bertz CT molecular complexity index is 1010. The van der Waals surface area contributed by atoms with Crippen LogP contribution in [0.4, 0.5) is 0 Å². The minimum absolute atomic E-state index is 0.188. The Morgan fingerprint density at radius 1 is 1.17 bits per heavy atom. The number of thiophene rings is 1. The smallest absolute Gasteiger partial charge is 0.261 e. The maximum absolute atomic E-state index is 12.1. The zero-order chi connectivity index (χ0) is 20.2. The molecule has 3 heterocycles. The lowest BCUT2D eigenvalue weighted by molar-refractivity contribution is 0.0954. The van der Waals surface area contributed by atoms with E-state index in [1.807, 2.05) is 24.3 Å². The summed E-state index contributed by atoms with van der Waals surface area (Å²) in [5.41, 5.74) is 2.37. The maximum atomic E-state index is 12.1. The molecule has 1 aliphatic heterocycles. The number of nitrogens with zero attached hydrogens (tertiary/aromatic N) is 2. The monoisotopic (exact) mass is 428 g/mol. The van der Waals surface area contributed by atoms with Crippen LogP contribution in [-0.2, 0) is 6.54 Å². The van der Waals surface area contributed by atoms with Crippen LogP contribution in [0.15, 0.2) is 47.1 Å². The first kappa shape index (κ1) is 19.7. The van der Waals surface area contributed by atoms with Gasteiger partial charge in [-0.05, 0) is 43.5 Å². The summed E-state index contributed by atoms with van der Waals surface area (Å²) in [7, 11) is 0. The van der Waals surface area contributed by atoms with Gasteiger partial charge in [0.1, 0.15) is 12.1 Å². The second-order valence-corrected chi connectivity index (χ2v) is 8.62. The van der Waals surface area contributed by atoms with Crippen LogP contribution in [0.3, 0.4) is 0 Å². The van der Waals surface area contributed by atoms with Crippen LogP contribution in [0.1, 0.15) is 40.2 Å². The first-order valence-corrected chi connectivity index (χ1v) is 10.7. The van der Waals surface area contributed by atoms with Gasteiger partial charge < -0.3 is 14.6 Å². The highest BCUT2D eigenvalue weighted by Crippen LogP contribution is 2.22. The molecular weight excluding hydrogens is 408 g/mol. The number of rotatable bonds is 5. The average molecular weight is 429 g/mol. The van der Waals surface area contributed by atoms with E-state index in [-0.39, 0.29) is 12.5 Å². The average Bonchev–Trinajstić information content (AvgIpc) is 3.41. The molecule has 1 aromatic carbocycles. The summed E-state index contributed by atoms with van der Waals surface area (Å²) >= 11 is 7.10. The van der Waals surface area contributed by atoms with Crippen LogP contribution < -0.4 is 5.32 Å². The fraction of sp³-hybridized carbons (Fsp3) is 0.286. The molecule has 0 atom stereocenters. The number of hydrogen-bond acceptors (Lipinski definition) is 5.